The Morgan fingerprint density at radius 3 is 2.80 bits per heavy atom. The molecule has 3 nitrogen and oxygen atoms in total. The molecule has 0 saturated heterocycles. The van der Waals surface area contributed by atoms with Crippen LogP contribution in [0.2, 0.25) is 0 Å². The fraction of sp³-hybridized carbons (Fsp3) is 0.0625. The number of halogens is 1. The Hall–Kier alpha value is -2.62. The Morgan fingerprint density at radius 1 is 1.15 bits per heavy atom. The van der Waals surface area contributed by atoms with E-state index in [9.17, 15) is 9.18 Å². The van der Waals surface area contributed by atoms with Gasteiger partial charge in [0.05, 0.1) is 5.52 Å². The summed E-state index contributed by atoms with van der Waals surface area (Å²) in [4.78, 5) is 11.2. The third-order valence-electron chi connectivity index (χ3n) is 3.30. The molecule has 0 fully saturated rings. The molecule has 0 radical (unpaired) electrons. The van der Waals surface area contributed by atoms with Gasteiger partial charge in [-0.15, -0.1) is 0 Å². The molecule has 0 aliphatic rings. The normalized spacial score (nSPS) is 10.8. The zero-order valence-electron chi connectivity index (χ0n) is 10.7. The lowest BCUT2D eigenvalue weighted by Crippen LogP contribution is -2.11. The highest BCUT2D eigenvalue weighted by Gasteiger charge is 2.05. The van der Waals surface area contributed by atoms with Gasteiger partial charge in [-0.25, -0.2) is 4.39 Å². The molecule has 0 aliphatic heterocycles. The monoisotopic (exact) mass is 268 g/mol. The average Bonchev–Trinajstić information content (AvgIpc) is 2.82. The van der Waals surface area contributed by atoms with Crippen LogP contribution < -0.4 is 5.73 Å². The van der Waals surface area contributed by atoms with Crippen LogP contribution in [0.15, 0.2) is 54.7 Å². The summed E-state index contributed by atoms with van der Waals surface area (Å²) in [5, 5.41) is 0.984. The van der Waals surface area contributed by atoms with E-state index in [1.165, 1.54) is 12.1 Å². The second-order valence-corrected chi connectivity index (χ2v) is 4.71. The fourth-order valence-corrected chi connectivity index (χ4v) is 2.31. The molecule has 1 aromatic heterocycles. The van der Waals surface area contributed by atoms with Crippen molar-refractivity contribution >= 4 is 16.8 Å². The summed E-state index contributed by atoms with van der Waals surface area (Å²) in [7, 11) is 0. The van der Waals surface area contributed by atoms with Gasteiger partial charge in [-0.1, -0.05) is 12.1 Å². The zero-order valence-corrected chi connectivity index (χ0v) is 10.7. The number of hydrogen-bond acceptors (Lipinski definition) is 1. The first kappa shape index (κ1) is 12.4. The number of fused-ring (bicyclic) bond motifs is 1. The summed E-state index contributed by atoms with van der Waals surface area (Å²) in [6.45, 7) is 0.564. The van der Waals surface area contributed by atoms with Gasteiger partial charge in [0.2, 0.25) is 5.91 Å². The van der Waals surface area contributed by atoms with E-state index in [1.807, 2.05) is 22.9 Å². The van der Waals surface area contributed by atoms with E-state index in [-0.39, 0.29) is 5.82 Å². The highest BCUT2D eigenvalue weighted by atomic mass is 19.1. The van der Waals surface area contributed by atoms with Crippen molar-refractivity contribution in [3.8, 4) is 0 Å². The molecule has 4 heteroatoms. The number of carbonyl (C=O) groups is 1. The van der Waals surface area contributed by atoms with Crippen LogP contribution in [0.5, 0.6) is 0 Å². The van der Waals surface area contributed by atoms with Crippen molar-refractivity contribution in [3.63, 3.8) is 0 Å². The molecule has 2 aromatic carbocycles. The van der Waals surface area contributed by atoms with E-state index in [4.69, 9.17) is 5.73 Å². The number of amides is 1. The Balaban J connectivity index is 1.99. The molecular weight excluding hydrogens is 255 g/mol. The predicted octanol–water partition coefficient (Wildman–Crippen LogP) is 2.93. The first-order valence-electron chi connectivity index (χ1n) is 6.26. The molecule has 1 heterocycles. The molecule has 2 N–H and O–H groups in total. The molecular formula is C16H13FN2O. The summed E-state index contributed by atoms with van der Waals surface area (Å²) < 4.78 is 15.3. The molecule has 0 spiro atoms. The zero-order chi connectivity index (χ0) is 14.1. The molecule has 1 amide bonds. The summed E-state index contributed by atoms with van der Waals surface area (Å²) in [6, 6.07) is 13.8. The number of aromatic nitrogens is 1. The van der Waals surface area contributed by atoms with Gasteiger partial charge in [-0.05, 0) is 47.3 Å². The van der Waals surface area contributed by atoms with Gasteiger partial charge in [0.1, 0.15) is 5.82 Å². The minimum Gasteiger partial charge on any atom is -0.366 e. The van der Waals surface area contributed by atoms with Crippen molar-refractivity contribution in [2.45, 2.75) is 6.54 Å². The van der Waals surface area contributed by atoms with Crippen LogP contribution in [0.25, 0.3) is 10.9 Å². The third-order valence-corrected chi connectivity index (χ3v) is 3.30. The Labute approximate surface area is 115 Å². The van der Waals surface area contributed by atoms with E-state index in [0.29, 0.717) is 12.1 Å². The van der Waals surface area contributed by atoms with Crippen molar-refractivity contribution in [1.29, 1.82) is 0 Å². The highest BCUT2D eigenvalue weighted by Crippen LogP contribution is 2.18. The lowest BCUT2D eigenvalue weighted by molar-refractivity contribution is 0.1000. The van der Waals surface area contributed by atoms with E-state index in [1.54, 1.807) is 24.3 Å². The number of nitrogens with two attached hydrogens (primary N) is 1. The highest BCUT2D eigenvalue weighted by molar-refractivity contribution is 5.92. The number of rotatable bonds is 3. The number of hydrogen-bond donors (Lipinski definition) is 1. The predicted molar refractivity (Wildman–Crippen MR) is 76.0 cm³/mol. The number of nitrogens with zero attached hydrogens (tertiary/aromatic N) is 1. The summed E-state index contributed by atoms with van der Waals surface area (Å²) in [5.41, 5.74) is 7.52. The summed E-state index contributed by atoms with van der Waals surface area (Å²) >= 11 is 0. The SMILES string of the molecule is NC(=O)c1cccc(Cn2ccc3ccc(F)cc32)c1. The minimum absolute atomic E-state index is 0.261. The average molecular weight is 268 g/mol. The molecule has 0 atom stereocenters. The van der Waals surface area contributed by atoms with Gasteiger partial charge >= 0.3 is 0 Å². The lowest BCUT2D eigenvalue weighted by atomic mass is 10.1. The standard InChI is InChI=1S/C16H13FN2O/c17-14-5-4-12-6-7-19(15(12)9-14)10-11-2-1-3-13(8-11)16(18)20/h1-9H,10H2,(H2,18,20). The molecule has 20 heavy (non-hydrogen) atoms. The molecule has 0 saturated carbocycles. The quantitative estimate of drug-likeness (QED) is 0.780. The van der Waals surface area contributed by atoms with E-state index >= 15 is 0 Å². The molecule has 0 aliphatic carbocycles. The number of primary amides is 1. The van der Waals surface area contributed by atoms with E-state index < -0.39 is 5.91 Å². The van der Waals surface area contributed by atoms with Crippen LogP contribution in [-0.4, -0.2) is 10.5 Å². The Kier molecular flexibility index (Phi) is 2.99. The van der Waals surface area contributed by atoms with Crippen molar-refractivity contribution < 1.29 is 9.18 Å². The molecule has 3 aromatic rings. The Bertz CT molecular complexity index is 792. The van der Waals surface area contributed by atoms with Gasteiger partial charge in [0, 0.05) is 18.3 Å². The minimum atomic E-state index is -0.449. The van der Waals surface area contributed by atoms with Crippen molar-refractivity contribution in [3.05, 3.63) is 71.7 Å². The van der Waals surface area contributed by atoms with Gasteiger partial charge in [-0.3, -0.25) is 4.79 Å². The second kappa shape index (κ2) is 4.81. The van der Waals surface area contributed by atoms with Crippen LogP contribution in [0.4, 0.5) is 4.39 Å². The lowest BCUT2D eigenvalue weighted by Gasteiger charge is -2.07. The maximum atomic E-state index is 13.3. The molecule has 100 valence electrons. The molecule has 0 unspecified atom stereocenters. The summed E-state index contributed by atoms with van der Waals surface area (Å²) in [5.74, 6) is -0.710. The van der Waals surface area contributed by atoms with Gasteiger partial charge < -0.3 is 10.3 Å². The first-order chi connectivity index (χ1) is 9.63. The number of benzene rings is 2. The van der Waals surface area contributed by atoms with Gasteiger partial charge in [0.25, 0.3) is 0 Å². The van der Waals surface area contributed by atoms with Crippen molar-refractivity contribution in [1.82, 2.24) is 4.57 Å². The van der Waals surface area contributed by atoms with Crippen LogP contribution >= 0.6 is 0 Å². The van der Waals surface area contributed by atoms with E-state index in [0.717, 1.165) is 16.5 Å². The maximum Gasteiger partial charge on any atom is 0.248 e. The molecule has 3 rings (SSSR count). The molecule has 0 bridgehead atoms. The summed E-state index contributed by atoms with van der Waals surface area (Å²) in [6.07, 6.45) is 1.90. The van der Waals surface area contributed by atoms with Crippen LogP contribution in [0.1, 0.15) is 15.9 Å². The smallest absolute Gasteiger partial charge is 0.248 e. The van der Waals surface area contributed by atoms with E-state index in [2.05, 4.69) is 0 Å². The topological polar surface area (TPSA) is 48.0 Å². The third kappa shape index (κ3) is 2.28. The first-order valence-corrected chi connectivity index (χ1v) is 6.26. The maximum absolute atomic E-state index is 13.3. The largest absolute Gasteiger partial charge is 0.366 e. The Morgan fingerprint density at radius 2 is 2.00 bits per heavy atom. The van der Waals surface area contributed by atoms with Crippen molar-refractivity contribution in [2.24, 2.45) is 5.73 Å². The van der Waals surface area contributed by atoms with Crippen molar-refractivity contribution in [2.75, 3.05) is 0 Å². The second-order valence-electron chi connectivity index (χ2n) is 4.71. The van der Waals surface area contributed by atoms with Crippen LogP contribution in [0, 0.1) is 5.82 Å². The van der Waals surface area contributed by atoms with Crippen LogP contribution in [0.3, 0.4) is 0 Å². The van der Waals surface area contributed by atoms with Gasteiger partial charge in [-0.2, -0.15) is 0 Å². The van der Waals surface area contributed by atoms with Crippen LogP contribution in [-0.2, 0) is 6.54 Å². The van der Waals surface area contributed by atoms with Gasteiger partial charge in [0.15, 0.2) is 0 Å². The fourth-order valence-electron chi connectivity index (χ4n) is 2.31. The number of carbonyl (C=O) groups excluding carboxylic acids is 1.